The number of aromatic nitrogens is 3. The van der Waals surface area contributed by atoms with Crippen LogP contribution in [0.4, 0.5) is 11.9 Å². The molecule has 2 rings (SSSR count). The number of rotatable bonds is 5. The van der Waals surface area contributed by atoms with Gasteiger partial charge in [-0.3, -0.25) is 0 Å². The first-order chi connectivity index (χ1) is 9.96. The maximum atomic E-state index is 6.10. The monoisotopic (exact) mass is 312 g/mol. The summed E-state index contributed by atoms with van der Waals surface area (Å²) >= 11 is 6.10. The van der Waals surface area contributed by atoms with Crippen LogP contribution in [0.15, 0.2) is 0 Å². The van der Waals surface area contributed by atoms with E-state index in [0.717, 1.165) is 26.2 Å². The summed E-state index contributed by atoms with van der Waals surface area (Å²) < 4.78 is 0. The number of hydrogen-bond donors (Lipinski definition) is 0. The van der Waals surface area contributed by atoms with E-state index in [1.54, 1.807) is 0 Å². The van der Waals surface area contributed by atoms with Gasteiger partial charge >= 0.3 is 0 Å². The highest BCUT2D eigenvalue weighted by Gasteiger charge is 2.32. The van der Waals surface area contributed by atoms with Gasteiger partial charge in [-0.25, -0.2) is 0 Å². The van der Waals surface area contributed by atoms with Gasteiger partial charge in [0.05, 0.1) is 0 Å². The van der Waals surface area contributed by atoms with E-state index in [-0.39, 0.29) is 5.28 Å². The van der Waals surface area contributed by atoms with Crippen LogP contribution in [-0.2, 0) is 0 Å². The zero-order chi connectivity index (χ0) is 15.6. The van der Waals surface area contributed by atoms with E-state index in [1.807, 2.05) is 0 Å². The van der Waals surface area contributed by atoms with E-state index in [4.69, 9.17) is 11.6 Å². The van der Waals surface area contributed by atoms with Crippen molar-refractivity contribution in [2.75, 3.05) is 50.1 Å². The Balaban J connectivity index is 2.25. The van der Waals surface area contributed by atoms with Crippen molar-refractivity contribution in [3.63, 3.8) is 0 Å². The molecule has 2 unspecified atom stereocenters. The molecule has 0 amide bonds. The molecule has 7 heteroatoms. The second-order valence-electron chi connectivity index (χ2n) is 5.79. The largest absolute Gasteiger partial charge is 0.341 e. The summed E-state index contributed by atoms with van der Waals surface area (Å²) in [5.41, 5.74) is 0. The molecule has 6 nitrogen and oxygen atoms in total. The second kappa shape index (κ2) is 6.75. The van der Waals surface area contributed by atoms with Crippen molar-refractivity contribution in [2.45, 2.75) is 26.8 Å². The molecule has 0 N–H and O–H groups in total. The highest BCUT2D eigenvalue weighted by Crippen LogP contribution is 2.25. The quantitative estimate of drug-likeness (QED) is 0.825. The molecule has 1 aromatic heterocycles. The van der Waals surface area contributed by atoms with Crippen LogP contribution in [0.3, 0.4) is 0 Å². The molecule has 0 aromatic carbocycles. The zero-order valence-electron chi connectivity index (χ0n) is 13.5. The van der Waals surface area contributed by atoms with Gasteiger partial charge in [-0.05, 0) is 45.5 Å². The number of halogens is 1. The van der Waals surface area contributed by atoms with Gasteiger partial charge in [0.1, 0.15) is 0 Å². The molecule has 0 aliphatic carbocycles. The zero-order valence-corrected chi connectivity index (χ0v) is 14.3. The van der Waals surface area contributed by atoms with Gasteiger partial charge < -0.3 is 14.7 Å². The Morgan fingerprint density at radius 3 is 2.33 bits per heavy atom. The van der Waals surface area contributed by atoms with Crippen LogP contribution in [0.5, 0.6) is 0 Å². The lowest BCUT2D eigenvalue weighted by molar-refractivity contribution is 0.266. The van der Waals surface area contributed by atoms with Gasteiger partial charge in [0.2, 0.25) is 17.2 Å². The number of hydrogen-bond acceptors (Lipinski definition) is 6. The maximum Gasteiger partial charge on any atom is 0.231 e. The van der Waals surface area contributed by atoms with Crippen molar-refractivity contribution < 1.29 is 0 Å². The molecule has 0 saturated carbocycles. The summed E-state index contributed by atoms with van der Waals surface area (Å²) in [6, 6.07) is 0.512. The minimum absolute atomic E-state index is 0.267. The average molecular weight is 313 g/mol. The molecule has 1 aliphatic rings. The molecule has 21 heavy (non-hydrogen) atoms. The van der Waals surface area contributed by atoms with E-state index in [1.165, 1.54) is 0 Å². The molecule has 1 saturated heterocycles. The van der Waals surface area contributed by atoms with Crippen LogP contribution in [0, 0.1) is 5.92 Å². The van der Waals surface area contributed by atoms with E-state index in [0.29, 0.717) is 23.9 Å². The molecular weight excluding hydrogens is 288 g/mol. The van der Waals surface area contributed by atoms with Gasteiger partial charge in [0.25, 0.3) is 0 Å². The number of likely N-dealkylation sites (N-methyl/N-ethyl adjacent to an activating group) is 1. The van der Waals surface area contributed by atoms with Gasteiger partial charge in [-0.2, -0.15) is 15.0 Å². The average Bonchev–Trinajstić information content (AvgIpc) is 2.82. The second-order valence-corrected chi connectivity index (χ2v) is 6.13. The van der Waals surface area contributed by atoms with Crippen LogP contribution in [0.25, 0.3) is 0 Å². The molecule has 1 fully saturated rings. The molecule has 0 radical (unpaired) electrons. The first-order valence-corrected chi connectivity index (χ1v) is 7.91. The van der Waals surface area contributed by atoms with Crippen LogP contribution in [0.2, 0.25) is 5.28 Å². The third kappa shape index (κ3) is 3.55. The van der Waals surface area contributed by atoms with Gasteiger partial charge in [-0.15, -0.1) is 0 Å². The molecule has 0 bridgehead atoms. The molecule has 118 valence electrons. The standard InChI is InChI=1S/C14H25ClN6/c1-6-20(7-2)13-16-12(15)17-14(18-13)21-8-10(3)11(9-21)19(4)5/h10-11H,6-9H2,1-5H3. The topological polar surface area (TPSA) is 48.4 Å². The molecular formula is C14H25ClN6. The van der Waals surface area contributed by atoms with Crippen molar-refractivity contribution in [3.8, 4) is 0 Å². The molecule has 2 atom stereocenters. The van der Waals surface area contributed by atoms with E-state index < -0.39 is 0 Å². The summed E-state index contributed by atoms with van der Waals surface area (Å²) in [5, 5.41) is 0.267. The van der Waals surface area contributed by atoms with E-state index >= 15 is 0 Å². The van der Waals surface area contributed by atoms with Crippen molar-refractivity contribution >= 4 is 23.5 Å². The van der Waals surface area contributed by atoms with E-state index in [2.05, 4.69) is 64.5 Å². The first-order valence-electron chi connectivity index (χ1n) is 7.54. The molecule has 2 heterocycles. The summed E-state index contributed by atoms with van der Waals surface area (Å²) in [4.78, 5) is 19.7. The predicted octanol–water partition coefficient (Wildman–Crippen LogP) is 1.76. The van der Waals surface area contributed by atoms with Crippen LogP contribution in [-0.4, -0.2) is 66.2 Å². The smallest absolute Gasteiger partial charge is 0.231 e. The molecule has 1 aromatic rings. The summed E-state index contributed by atoms with van der Waals surface area (Å²) in [7, 11) is 4.23. The summed E-state index contributed by atoms with van der Waals surface area (Å²) in [6.45, 7) is 10.0. The Hall–Kier alpha value is -1.14. The minimum Gasteiger partial charge on any atom is -0.341 e. The third-order valence-corrected chi connectivity index (χ3v) is 4.32. The highest BCUT2D eigenvalue weighted by atomic mass is 35.5. The lowest BCUT2D eigenvalue weighted by Crippen LogP contribution is -2.34. The summed E-state index contributed by atoms with van der Waals surface area (Å²) in [5.74, 6) is 1.93. The Labute approximate surface area is 132 Å². The highest BCUT2D eigenvalue weighted by molar-refractivity contribution is 6.28. The number of nitrogens with zero attached hydrogens (tertiary/aromatic N) is 6. The summed E-state index contributed by atoms with van der Waals surface area (Å²) in [6.07, 6.45) is 0. The Bertz CT molecular complexity index is 477. The van der Waals surface area contributed by atoms with Crippen molar-refractivity contribution in [3.05, 3.63) is 5.28 Å². The van der Waals surface area contributed by atoms with Crippen LogP contribution >= 0.6 is 11.6 Å². The lowest BCUT2D eigenvalue weighted by Gasteiger charge is -2.23. The van der Waals surface area contributed by atoms with Gasteiger partial charge in [0.15, 0.2) is 0 Å². The van der Waals surface area contributed by atoms with E-state index in [9.17, 15) is 0 Å². The van der Waals surface area contributed by atoms with Crippen molar-refractivity contribution in [2.24, 2.45) is 5.92 Å². The maximum absolute atomic E-state index is 6.10. The van der Waals surface area contributed by atoms with Gasteiger partial charge in [0, 0.05) is 32.2 Å². The first kappa shape index (κ1) is 16.2. The Kier molecular flexibility index (Phi) is 5.22. The lowest BCUT2D eigenvalue weighted by atomic mass is 10.1. The number of anilines is 2. The third-order valence-electron chi connectivity index (χ3n) is 4.15. The van der Waals surface area contributed by atoms with Crippen molar-refractivity contribution in [1.82, 2.24) is 19.9 Å². The van der Waals surface area contributed by atoms with Crippen molar-refractivity contribution in [1.29, 1.82) is 0 Å². The van der Waals surface area contributed by atoms with Crippen LogP contribution in [0.1, 0.15) is 20.8 Å². The minimum atomic E-state index is 0.267. The fourth-order valence-corrected chi connectivity index (χ4v) is 3.06. The Morgan fingerprint density at radius 1 is 1.14 bits per heavy atom. The fourth-order valence-electron chi connectivity index (χ4n) is 2.90. The molecule has 1 aliphatic heterocycles. The molecule has 0 spiro atoms. The Morgan fingerprint density at radius 2 is 1.81 bits per heavy atom. The van der Waals surface area contributed by atoms with Crippen LogP contribution < -0.4 is 9.80 Å². The fraction of sp³-hybridized carbons (Fsp3) is 0.786. The SMILES string of the molecule is CCN(CC)c1nc(Cl)nc(N2CC(C)C(N(C)C)C2)n1. The van der Waals surface area contributed by atoms with Gasteiger partial charge in [-0.1, -0.05) is 6.92 Å². The normalized spacial score (nSPS) is 22.1. The predicted molar refractivity (Wildman–Crippen MR) is 87.3 cm³/mol.